The fourth-order valence-corrected chi connectivity index (χ4v) is 0.786. The van der Waals surface area contributed by atoms with Crippen molar-refractivity contribution in [3.8, 4) is 0 Å². The van der Waals surface area contributed by atoms with Crippen LogP contribution in [0.25, 0.3) is 6.08 Å². The Balaban J connectivity index is 3.01. The van der Waals surface area contributed by atoms with Gasteiger partial charge in [-0.3, -0.25) is 0 Å². The minimum Gasteiger partial charge on any atom is -0.0985 e. The van der Waals surface area contributed by atoms with Gasteiger partial charge in [0.1, 0.15) is 4.90 Å². The first-order chi connectivity index (χ1) is 4.33. The Bertz CT molecular complexity index is 198. The van der Waals surface area contributed by atoms with Crippen LogP contribution < -0.4 is 0 Å². The first kappa shape index (κ1) is 6.43. The van der Waals surface area contributed by atoms with Crippen LogP contribution in [0.5, 0.6) is 0 Å². The summed E-state index contributed by atoms with van der Waals surface area (Å²) in [6.45, 7) is 3.64. The molecule has 0 aliphatic carbocycles. The van der Waals surface area contributed by atoms with Gasteiger partial charge in [-0.15, -0.1) is 0 Å². The molecule has 0 radical (unpaired) electrons. The molecule has 0 atom stereocenters. The lowest BCUT2D eigenvalue weighted by Crippen LogP contribution is -1.70. The number of hydrogen-bond acceptors (Lipinski definition) is 0. The van der Waals surface area contributed by atoms with E-state index in [1.54, 1.807) is 0 Å². The quantitative estimate of drug-likeness (QED) is 0.517. The highest BCUT2D eigenvalue weighted by Crippen LogP contribution is 2.03. The lowest BCUT2D eigenvalue weighted by molar-refractivity contribution is 1.46. The van der Waals surface area contributed by atoms with E-state index < -0.39 is 0 Å². The zero-order chi connectivity index (χ0) is 6.69. The largest absolute Gasteiger partial charge is 0.150 e. The summed E-state index contributed by atoms with van der Waals surface area (Å²) in [6.07, 6.45) is 1.83. The molecule has 0 aromatic heterocycles. The summed E-state index contributed by atoms with van der Waals surface area (Å²) < 4.78 is 0. The van der Waals surface area contributed by atoms with Gasteiger partial charge >= 0.3 is 0 Å². The van der Waals surface area contributed by atoms with Crippen LogP contribution >= 0.6 is 0 Å². The Morgan fingerprint density at radius 1 is 1.22 bits per heavy atom. The second-order valence-electron chi connectivity index (χ2n) is 1.83. The molecule has 0 saturated carbocycles. The van der Waals surface area contributed by atoms with Crippen molar-refractivity contribution in [1.29, 1.82) is 0 Å². The minimum absolute atomic E-state index is 1.10. The Hall–Kier alpha value is -0.690. The summed E-state index contributed by atoms with van der Waals surface area (Å²) in [7, 11) is 0. The van der Waals surface area contributed by atoms with Crippen LogP contribution in [-0.2, 0) is 12.6 Å². The van der Waals surface area contributed by atoms with Gasteiger partial charge in [0.15, 0.2) is 0 Å². The van der Waals surface area contributed by atoms with Crippen molar-refractivity contribution in [2.24, 2.45) is 0 Å². The number of benzene rings is 1. The second-order valence-corrected chi connectivity index (χ2v) is 2.40. The van der Waals surface area contributed by atoms with Crippen LogP contribution in [0.4, 0.5) is 0 Å². The highest BCUT2D eigenvalue weighted by Gasteiger charge is 1.87. The fourth-order valence-electron chi connectivity index (χ4n) is 0.619. The molecule has 1 aromatic rings. The standard InChI is InChI=1S/C8H8S/c1-2-7-3-5-8(9)6-4-7/h2-6,9H,1H2/p+1. The number of rotatable bonds is 1. The molecular weight excluding hydrogens is 128 g/mol. The predicted molar refractivity (Wildman–Crippen MR) is 45.0 cm³/mol. The average Bonchev–Trinajstić information content (AvgIpc) is 1.90. The molecule has 0 fully saturated rings. The van der Waals surface area contributed by atoms with Crippen molar-refractivity contribution < 1.29 is 0 Å². The van der Waals surface area contributed by atoms with E-state index in [2.05, 4.69) is 19.2 Å². The molecule has 0 amide bonds. The highest BCUT2D eigenvalue weighted by atomic mass is 32.1. The maximum atomic E-state index is 3.64. The first-order valence-corrected chi connectivity index (χ1v) is 3.27. The van der Waals surface area contributed by atoms with E-state index >= 15 is 0 Å². The fraction of sp³-hybridized carbons (Fsp3) is 0. The van der Waals surface area contributed by atoms with Crippen molar-refractivity contribution in [3.63, 3.8) is 0 Å². The van der Waals surface area contributed by atoms with E-state index in [4.69, 9.17) is 0 Å². The van der Waals surface area contributed by atoms with Gasteiger partial charge in [0, 0.05) is 0 Å². The van der Waals surface area contributed by atoms with Crippen LogP contribution in [0.3, 0.4) is 0 Å². The zero-order valence-corrected chi connectivity index (χ0v) is 6.09. The van der Waals surface area contributed by atoms with Gasteiger partial charge in [0.25, 0.3) is 0 Å². The molecule has 1 heteroatoms. The smallest absolute Gasteiger partial charge is 0.0985 e. The van der Waals surface area contributed by atoms with Crippen LogP contribution in [0.1, 0.15) is 5.56 Å². The molecule has 46 valence electrons. The Kier molecular flexibility index (Phi) is 1.96. The third kappa shape index (κ3) is 1.61. The molecule has 0 bridgehead atoms. The molecule has 1 rings (SSSR count). The van der Waals surface area contributed by atoms with Crippen molar-refractivity contribution >= 4 is 18.7 Å². The van der Waals surface area contributed by atoms with E-state index in [-0.39, 0.29) is 0 Å². The monoisotopic (exact) mass is 137 g/mol. The summed E-state index contributed by atoms with van der Waals surface area (Å²) in [5.74, 6) is 0. The Morgan fingerprint density at radius 3 is 2.22 bits per heavy atom. The molecule has 1 aromatic carbocycles. The van der Waals surface area contributed by atoms with Gasteiger partial charge < -0.3 is 0 Å². The first-order valence-electron chi connectivity index (χ1n) is 2.77. The van der Waals surface area contributed by atoms with Gasteiger partial charge in [0.05, 0.1) is 0 Å². The van der Waals surface area contributed by atoms with Gasteiger partial charge in [-0.05, 0) is 30.3 Å². The van der Waals surface area contributed by atoms with E-state index in [9.17, 15) is 0 Å². The SMILES string of the molecule is C=Cc1ccc([SH2+])cc1. The second kappa shape index (κ2) is 2.74. The minimum atomic E-state index is 1.10. The third-order valence-corrected chi connectivity index (χ3v) is 1.48. The van der Waals surface area contributed by atoms with Crippen LogP contribution in [0.15, 0.2) is 35.7 Å². The van der Waals surface area contributed by atoms with E-state index in [1.807, 2.05) is 30.3 Å². The molecule has 0 aliphatic heterocycles. The summed E-state index contributed by atoms with van der Waals surface area (Å²) in [5, 5.41) is 0. The summed E-state index contributed by atoms with van der Waals surface area (Å²) >= 11 is 3.39. The summed E-state index contributed by atoms with van der Waals surface area (Å²) in [6, 6.07) is 8.01. The maximum absolute atomic E-state index is 3.64. The van der Waals surface area contributed by atoms with Crippen LogP contribution in [-0.4, -0.2) is 0 Å². The predicted octanol–water partition coefficient (Wildman–Crippen LogP) is 1.70. The lowest BCUT2D eigenvalue weighted by Gasteiger charge is -1.87. The highest BCUT2D eigenvalue weighted by molar-refractivity contribution is 7.58. The molecule has 0 unspecified atom stereocenters. The zero-order valence-electron chi connectivity index (χ0n) is 5.09. The molecule has 0 N–H and O–H groups in total. The average molecular weight is 137 g/mol. The Morgan fingerprint density at radius 2 is 1.78 bits per heavy atom. The van der Waals surface area contributed by atoms with Crippen LogP contribution in [0.2, 0.25) is 0 Å². The van der Waals surface area contributed by atoms with Gasteiger partial charge in [-0.1, -0.05) is 24.8 Å². The third-order valence-electron chi connectivity index (χ3n) is 1.15. The van der Waals surface area contributed by atoms with Crippen molar-refractivity contribution in [1.82, 2.24) is 0 Å². The van der Waals surface area contributed by atoms with Gasteiger partial charge in [-0.2, -0.15) is 0 Å². The van der Waals surface area contributed by atoms with Crippen molar-refractivity contribution in [2.45, 2.75) is 4.90 Å². The van der Waals surface area contributed by atoms with Gasteiger partial charge in [-0.25, -0.2) is 0 Å². The Labute approximate surface area is 60.6 Å². The summed E-state index contributed by atoms with van der Waals surface area (Å²) in [5.41, 5.74) is 1.15. The normalized spacial score (nSPS) is 9.00. The van der Waals surface area contributed by atoms with E-state index in [1.165, 1.54) is 0 Å². The number of hydrogen-bond donors (Lipinski definition) is 0. The molecular formula is C8H9S+. The van der Waals surface area contributed by atoms with Gasteiger partial charge in [0.2, 0.25) is 0 Å². The topological polar surface area (TPSA) is 0 Å². The van der Waals surface area contributed by atoms with Crippen molar-refractivity contribution in [3.05, 3.63) is 36.4 Å². The van der Waals surface area contributed by atoms with E-state index in [0.717, 1.165) is 10.5 Å². The van der Waals surface area contributed by atoms with E-state index in [0.29, 0.717) is 0 Å². The molecule has 0 saturated heterocycles. The molecule has 0 nitrogen and oxygen atoms in total. The molecule has 9 heavy (non-hydrogen) atoms. The molecule has 0 heterocycles. The maximum Gasteiger partial charge on any atom is 0.150 e. The molecule has 0 spiro atoms. The molecule has 0 aliphatic rings. The van der Waals surface area contributed by atoms with Crippen LogP contribution in [0, 0.1) is 0 Å². The van der Waals surface area contributed by atoms with Crippen molar-refractivity contribution in [2.75, 3.05) is 0 Å². The summed E-state index contributed by atoms with van der Waals surface area (Å²) in [4.78, 5) is 1.10. The lowest BCUT2D eigenvalue weighted by atomic mass is 10.2.